The molecule has 6 heteroatoms. The molecule has 19 heavy (non-hydrogen) atoms. The molecule has 0 saturated carbocycles. The van der Waals surface area contributed by atoms with Gasteiger partial charge in [-0.1, -0.05) is 24.3 Å². The Morgan fingerprint density at radius 2 is 1.89 bits per heavy atom. The normalized spacial score (nSPS) is 14.1. The van der Waals surface area contributed by atoms with Crippen LogP contribution in [-0.4, -0.2) is 40.5 Å². The maximum atomic E-state index is 11.2. The van der Waals surface area contributed by atoms with Crippen LogP contribution in [0.25, 0.3) is 6.08 Å². The first kappa shape index (κ1) is 14.9. The van der Waals surface area contributed by atoms with Crippen molar-refractivity contribution in [3.05, 3.63) is 41.5 Å². The van der Waals surface area contributed by atoms with Crippen LogP contribution in [0.1, 0.15) is 17.2 Å². The van der Waals surface area contributed by atoms with Crippen molar-refractivity contribution in [2.75, 3.05) is 7.11 Å². The highest BCUT2D eigenvalue weighted by atomic mass is 16.5. The average Bonchev–Trinajstić information content (AvgIpc) is 2.42. The number of benzene rings is 1. The van der Waals surface area contributed by atoms with Crippen molar-refractivity contribution in [1.29, 1.82) is 0 Å². The number of rotatable bonds is 5. The minimum atomic E-state index is -1.73. The number of carbonyl (C=O) groups is 2. The SMILES string of the molecule is COC(=O)C(O)C(O)c1ccccc1/C=C/C(=O)O. The number of methoxy groups -OCH3 is 1. The Hall–Kier alpha value is -2.18. The molecule has 0 aliphatic carbocycles. The second kappa shape index (κ2) is 6.67. The van der Waals surface area contributed by atoms with Gasteiger partial charge in [-0.05, 0) is 17.2 Å². The zero-order valence-corrected chi connectivity index (χ0v) is 10.2. The van der Waals surface area contributed by atoms with Gasteiger partial charge in [0.05, 0.1) is 7.11 Å². The number of ether oxygens (including phenoxy) is 1. The van der Waals surface area contributed by atoms with Gasteiger partial charge in [-0.25, -0.2) is 9.59 Å². The summed E-state index contributed by atoms with van der Waals surface area (Å²) < 4.78 is 4.33. The van der Waals surface area contributed by atoms with Crippen molar-refractivity contribution in [1.82, 2.24) is 0 Å². The number of hydrogen-bond donors (Lipinski definition) is 3. The smallest absolute Gasteiger partial charge is 0.337 e. The molecule has 0 aromatic heterocycles. The summed E-state index contributed by atoms with van der Waals surface area (Å²) in [6.07, 6.45) is -1.06. The molecule has 1 rings (SSSR count). The van der Waals surface area contributed by atoms with Gasteiger partial charge in [0.15, 0.2) is 6.10 Å². The van der Waals surface area contributed by atoms with Gasteiger partial charge in [0.1, 0.15) is 6.10 Å². The molecule has 0 aliphatic heterocycles. The van der Waals surface area contributed by atoms with Crippen LogP contribution in [-0.2, 0) is 14.3 Å². The molecule has 0 radical (unpaired) electrons. The van der Waals surface area contributed by atoms with Gasteiger partial charge in [-0.15, -0.1) is 0 Å². The van der Waals surface area contributed by atoms with E-state index in [0.717, 1.165) is 13.2 Å². The number of aliphatic hydroxyl groups excluding tert-OH is 2. The fourth-order valence-corrected chi connectivity index (χ4v) is 1.51. The van der Waals surface area contributed by atoms with Crippen molar-refractivity contribution in [2.24, 2.45) is 0 Å². The first-order valence-corrected chi connectivity index (χ1v) is 5.41. The largest absolute Gasteiger partial charge is 0.478 e. The fraction of sp³-hybridized carbons (Fsp3) is 0.231. The zero-order chi connectivity index (χ0) is 14.4. The van der Waals surface area contributed by atoms with Crippen LogP contribution in [0.15, 0.2) is 30.3 Å². The Morgan fingerprint density at radius 3 is 2.47 bits per heavy atom. The molecule has 0 amide bonds. The lowest BCUT2D eigenvalue weighted by Gasteiger charge is -2.17. The zero-order valence-electron chi connectivity index (χ0n) is 10.2. The van der Waals surface area contributed by atoms with E-state index in [1.807, 2.05) is 0 Å². The predicted octanol–water partition coefficient (Wildman–Crippen LogP) is 0.352. The number of hydrogen-bond acceptors (Lipinski definition) is 5. The maximum Gasteiger partial charge on any atom is 0.337 e. The summed E-state index contributed by atoms with van der Waals surface area (Å²) in [6.45, 7) is 0. The third-order valence-electron chi connectivity index (χ3n) is 2.46. The Morgan fingerprint density at radius 1 is 1.26 bits per heavy atom. The lowest BCUT2D eigenvalue weighted by Crippen LogP contribution is -2.29. The number of carbonyl (C=O) groups excluding carboxylic acids is 1. The lowest BCUT2D eigenvalue weighted by molar-refractivity contribution is -0.156. The Kier molecular flexibility index (Phi) is 5.23. The second-order valence-corrected chi connectivity index (χ2v) is 3.71. The number of aliphatic carboxylic acids is 1. The molecule has 0 aliphatic rings. The lowest BCUT2D eigenvalue weighted by atomic mass is 9.98. The summed E-state index contributed by atoms with van der Waals surface area (Å²) in [6, 6.07) is 6.28. The monoisotopic (exact) mass is 266 g/mol. The molecule has 3 N–H and O–H groups in total. The molecule has 102 valence electrons. The third kappa shape index (κ3) is 3.90. The van der Waals surface area contributed by atoms with Gasteiger partial charge < -0.3 is 20.1 Å². The van der Waals surface area contributed by atoms with E-state index in [1.54, 1.807) is 18.2 Å². The van der Waals surface area contributed by atoms with Gasteiger partial charge in [0, 0.05) is 6.08 Å². The molecule has 1 aromatic carbocycles. The number of carboxylic acids is 1. The average molecular weight is 266 g/mol. The Balaban J connectivity index is 3.06. The molecule has 0 fully saturated rings. The van der Waals surface area contributed by atoms with E-state index in [0.29, 0.717) is 5.56 Å². The molecule has 2 unspecified atom stereocenters. The Labute approximate surface area is 109 Å². The highest BCUT2D eigenvalue weighted by molar-refractivity contribution is 5.85. The van der Waals surface area contributed by atoms with Crippen LogP contribution >= 0.6 is 0 Å². The van der Waals surface area contributed by atoms with Crippen LogP contribution in [0.3, 0.4) is 0 Å². The molecule has 2 atom stereocenters. The molecule has 0 heterocycles. The van der Waals surface area contributed by atoms with E-state index >= 15 is 0 Å². The summed E-state index contributed by atoms with van der Waals surface area (Å²) >= 11 is 0. The van der Waals surface area contributed by atoms with Crippen LogP contribution in [0, 0.1) is 0 Å². The van der Waals surface area contributed by atoms with Crippen molar-refractivity contribution in [2.45, 2.75) is 12.2 Å². The first-order valence-electron chi connectivity index (χ1n) is 5.41. The van der Waals surface area contributed by atoms with Crippen LogP contribution < -0.4 is 0 Å². The van der Waals surface area contributed by atoms with Gasteiger partial charge in [0.25, 0.3) is 0 Å². The van der Waals surface area contributed by atoms with Crippen LogP contribution in [0.4, 0.5) is 0 Å². The predicted molar refractivity (Wildman–Crippen MR) is 66.1 cm³/mol. The van der Waals surface area contributed by atoms with Crippen molar-refractivity contribution in [3.8, 4) is 0 Å². The third-order valence-corrected chi connectivity index (χ3v) is 2.46. The van der Waals surface area contributed by atoms with Gasteiger partial charge in [0.2, 0.25) is 0 Å². The summed E-state index contributed by atoms with van der Waals surface area (Å²) in [5, 5.41) is 28.0. The molecule has 6 nitrogen and oxygen atoms in total. The second-order valence-electron chi connectivity index (χ2n) is 3.71. The Bertz CT molecular complexity index is 494. The highest BCUT2D eigenvalue weighted by Gasteiger charge is 2.27. The van der Waals surface area contributed by atoms with Crippen molar-refractivity contribution < 1.29 is 29.6 Å². The van der Waals surface area contributed by atoms with E-state index in [4.69, 9.17) is 5.11 Å². The van der Waals surface area contributed by atoms with E-state index in [1.165, 1.54) is 12.1 Å². The van der Waals surface area contributed by atoms with Crippen LogP contribution in [0.5, 0.6) is 0 Å². The van der Waals surface area contributed by atoms with E-state index < -0.39 is 24.1 Å². The minimum Gasteiger partial charge on any atom is -0.478 e. The van der Waals surface area contributed by atoms with Crippen molar-refractivity contribution >= 4 is 18.0 Å². The summed E-state index contributed by atoms with van der Waals surface area (Å²) in [4.78, 5) is 21.6. The van der Waals surface area contributed by atoms with E-state index in [-0.39, 0.29) is 5.56 Å². The number of carboxylic acid groups (broad SMARTS) is 1. The summed E-state index contributed by atoms with van der Waals surface area (Å²) in [5.74, 6) is -2.11. The molecule has 0 spiro atoms. The highest BCUT2D eigenvalue weighted by Crippen LogP contribution is 2.22. The molecular formula is C13H14O6. The minimum absolute atomic E-state index is 0.234. The van der Waals surface area contributed by atoms with Gasteiger partial charge in [-0.2, -0.15) is 0 Å². The summed E-state index contributed by atoms with van der Waals surface area (Å²) in [7, 11) is 1.09. The van der Waals surface area contributed by atoms with Gasteiger partial charge in [-0.3, -0.25) is 0 Å². The van der Waals surface area contributed by atoms with Gasteiger partial charge >= 0.3 is 11.9 Å². The molecule has 0 saturated heterocycles. The molecule has 1 aromatic rings. The summed E-state index contributed by atoms with van der Waals surface area (Å²) in [5.41, 5.74) is 0.623. The standard InChI is InChI=1S/C13H14O6/c1-19-13(18)12(17)11(16)9-5-3-2-4-8(9)6-7-10(14)15/h2-7,11-12,16-17H,1H3,(H,14,15)/b7-6+. The first-order chi connectivity index (χ1) is 8.97. The quantitative estimate of drug-likeness (QED) is 0.525. The van der Waals surface area contributed by atoms with Crippen LogP contribution in [0.2, 0.25) is 0 Å². The molecular weight excluding hydrogens is 252 g/mol. The maximum absolute atomic E-state index is 11.2. The number of esters is 1. The fourth-order valence-electron chi connectivity index (χ4n) is 1.51. The van der Waals surface area contributed by atoms with Crippen molar-refractivity contribution in [3.63, 3.8) is 0 Å². The number of aliphatic hydroxyl groups is 2. The molecule has 0 bridgehead atoms. The van der Waals surface area contributed by atoms with E-state index in [9.17, 15) is 19.8 Å². The van der Waals surface area contributed by atoms with E-state index in [2.05, 4.69) is 4.74 Å². The topological polar surface area (TPSA) is 104 Å².